The van der Waals surface area contributed by atoms with Crippen molar-refractivity contribution in [3.63, 3.8) is 0 Å². The number of hydrogen-bond donors (Lipinski definition) is 1. The van der Waals surface area contributed by atoms with Crippen molar-refractivity contribution >= 4 is 11.8 Å². The second-order valence-electron chi connectivity index (χ2n) is 6.84. The Morgan fingerprint density at radius 3 is 2.62 bits per heavy atom. The zero-order valence-electron chi connectivity index (χ0n) is 15.2. The van der Waals surface area contributed by atoms with Gasteiger partial charge in [0.05, 0.1) is 5.69 Å². The van der Waals surface area contributed by atoms with Crippen molar-refractivity contribution in [2.24, 2.45) is 0 Å². The Hall–Kier alpha value is -1.63. The number of benzene rings is 1. The van der Waals surface area contributed by atoms with Crippen LogP contribution in [0, 0.1) is 0 Å². The highest BCUT2D eigenvalue weighted by molar-refractivity contribution is 5.91. The Morgan fingerprint density at radius 1 is 1.29 bits per heavy atom. The summed E-state index contributed by atoms with van der Waals surface area (Å²) in [5.74, 6) is 0. The van der Waals surface area contributed by atoms with Crippen LogP contribution < -0.4 is 10.2 Å². The molecule has 1 aliphatic heterocycles. The van der Waals surface area contributed by atoms with Crippen LogP contribution in [-0.4, -0.2) is 45.3 Å². The van der Waals surface area contributed by atoms with E-state index in [1.807, 2.05) is 32.9 Å². The van der Waals surface area contributed by atoms with Crippen molar-refractivity contribution in [1.82, 2.24) is 5.32 Å². The van der Waals surface area contributed by atoms with Crippen molar-refractivity contribution in [2.75, 3.05) is 32.2 Å². The predicted octanol–water partition coefficient (Wildman–Crippen LogP) is 2.69. The number of amides is 1. The van der Waals surface area contributed by atoms with E-state index in [-0.39, 0.29) is 12.4 Å². The van der Waals surface area contributed by atoms with Crippen molar-refractivity contribution in [1.29, 1.82) is 0 Å². The van der Waals surface area contributed by atoms with Gasteiger partial charge in [-0.1, -0.05) is 18.2 Å². The first-order chi connectivity index (χ1) is 11.4. The first-order valence-electron chi connectivity index (χ1n) is 8.23. The molecule has 1 amide bonds. The number of carbonyl (C=O) groups is 1. The Labute approximate surface area is 144 Å². The maximum atomic E-state index is 12.5. The molecule has 0 aromatic heterocycles. The number of hydrogen-bond acceptors (Lipinski definition) is 5. The second kappa shape index (κ2) is 7.96. The molecule has 1 N–H and O–H groups in total. The minimum atomic E-state index is -0.503. The van der Waals surface area contributed by atoms with Crippen molar-refractivity contribution in [3.8, 4) is 0 Å². The Kier molecular flexibility index (Phi) is 6.21. The summed E-state index contributed by atoms with van der Waals surface area (Å²) in [4.78, 5) is 14.2. The van der Waals surface area contributed by atoms with Crippen LogP contribution in [0.1, 0.15) is 31.9 Å². The van der Waals surface area contributed by atoms with Gasteiger partial charge in [0.25, 0.3) is 0 Å². The number of nitrogens with one attached hydrogen (secondary N) is 1. The van der Waals surface area contributed by atoms with Gasteiger partial charge in [0, 0.05) is 33.9 Å². The van der Waals surface area contributed by atoms with Gasteiger partial charge in [0.2, 0.25) is 0 Å². The van der Waals surface area contributed by atoms with Gasteiger partial charge in [-0.05, 0) is 38.3 Å². The Bertz CT molecular complexity index is 565. The average molecular weight is 336 g/mol. The highest BCUT2D eigenvalue weighted by Gasteiger charge is 2.30. The molecule has 0 unspecified atom stereocenters. The quantitative estimate of drug-likeness (QED) is 0.810. The fraction of sp³-hybridized carbons (Fsp3) is 0.611. The second-order valence-corrected chi connectivity index (χ2v) is 6.84. The molecular weight excluding hydrogens is 308 g/mol. The average Bonchev–Trinajstić information content (AvgIpc) is 2.95. The number of methoxy groups -OCH3 is 2. The van der Waals surface area contributed by atoms with Crippen LogP contribution in [0.15, 0.2) is 18.2 Å². The maximum absolute atomic E-state index is 12.5. The summed E-state index contributed by atoms with van der Waals surface area (Å²) in [7, 11) is 3.22. The van der Waals surface area contributed by atoms with Gasteiger partial charge >= 0.3 is 6.09 Å². The van der Waals surface area contributed by atoms with Gasteiger partial charge in [0.1, 0.15) is 5.60 Å². The first kappa shape index (κ1) is 18.7. The third-order valence-electron chi connectivity index (χ3n) is 3.84. The van der Waals surface area contributed by atoms with Crippen LogP contribution in [0.2, 0.25) is 0 Å². The summed E-state index contributed by atoms with van der Waals surface area (Å²) in [5, 5.41) is 3.31. The lowest BCUT2D eigenvalue weighted by Crippen LogP contribution is -2.36. The normalized spacial score (nSPS) is 14.2. The van der Waals surface area contributed by atoms with E-state index < -0.39 is 5.60 Å². The van der Waals surface area contributed by atoms with Crippen LogP contribution in [0.5, 0.6) is 0 Å². The molecule has 0 fully saturated rings. The summed E-state index contributed by atoms with van der Waals surface area (Å²) in [6.07, 6.45) is 0.269. The summed E-state index contributed by atoms with van der Waals surface area (Å²) < 4.78 is 15.9. The maximum Gasteiger partial charge on any atom is 0.414 e. The topological polar surface area (TPSA) is 60.0 Å². The molecule has 0 saturated carbocycles. The first-order valence-corrected chi connectivity index (χ1v) is 8.23. The van der Waals surface area contributed by atoms with Crippen LogP contribution >= 0.6 is 0 Å². The van der Waals surface area contributed by atoms with Crippen LogP contribution in [-0.2, 0) is 27.2 Å². The molecule has 6 nitrogen and oxygen atoms in total. The SMILES string of the molecule is COC(CNCc1cccc2c1N(C(=O)OC(C)(C)C)CC2)OC. The zero-order valence-corrected chi connectivity index (χ0v) is 15.2. The molecule has 2 rings (SSSR count). The van der Waals surface area contributed by atoms with Gasteiger partial charge in [0.15, 0.2) is 6.29 Å². The molecule has 24 heavy (non-hydrogen) atoms. The molecule has 6 heteroatoms. The van der Waals surface area contributed by atoms with E-state index in [2.05, 4.69) is 11.4 Å². The van der Waals surface area contributed by atoms with Gasteiger partial charge in [-0.25, -0.2) is 4.79 Å². The summed E-state index contributed by atoms with van der Waals surface area (Å²) in [6, 6.07) is 6.12. The number of carbonyl (C=O) groups excluding carboxylic acids is 1. The lowest BCUT2D eigenvalue weighted by molar-refractivity contribution is -0.0989. The third-order valence-corrected chi connectivity index (χ3v) is 3.84. The minimum absolute atomic E-state index is 0.288. The fourth-order valence-corrected chi connectivity index (χ4v) is 2.77. The number of ether oxygens (including phenoxy) is 3. The predicted molar refractivity (Wildman–Crippen MR) is 93.2 cm³/mol. The number of rotatable bonds is 6. The van der Waals surface area contributed by atoms with Gasteiger partial charge < -0.3 is 19.5 Å². The molecule has 1 aliphatic rings. The number of fused-ring (bicyclic) bond motifs is 1. The van der Waals surface area contributed by atoms with E-state index in [1.165, 1.54) is 5.56 Å². The zero-order chi connectivity index (χ0) is 17.7. The smallest absolute Gasteiger partial charge is 0.414 e. The number of anilines is 1. The van der Waals surface area contributed by atoms with E-state index in [9.17, 15) is 4.79 Å². The van der Waals surface area contributed by atoms with Crippen molar-refractivity contribution < 1.29 is 19.0 Å². The molecule has 0 atom stereocenters. The van der Waals surface area contributed by atoms with E-state index in [0.29, 0.717) is 19.6 Å². The largest absolute Gasteiger partial charge is 0.443 e. The Morgan fingerprint density at radius 2 is 2.00 bits per heavy atom. The minimum Gasteiger partial charge on any atom is -0.443 e. The van der Waals surface area contributed by atoms with Crippen molar-refractivity contribution in [3.05, 3.63) is 29.3 Å². The van der Waals surface area contributed by atoms with Crippen molar-refractivity contribution in [2.45, 2.75) is 45.6 Å². The molecule has 1 aromatic carbocycles. The lowest BCUT2D eigenvalue weighted by atomic mass is 10.1. The van der Waals surface area contributed by atoms with Gasteiger partial charge in [-0.15, -0.1) is 0 Å². The van der Waals surface area contributed by atoms with Crippen LogP contribution in [0.4, 0.5) is 10.5 Å². The summed E-state index contributed by atoms with van der Waals surface area (Å²) >= 11 is 0. The molecule has 1 aromatic rings. The molecule has 0 radical (unpaired) electrons. The molecular formula is C18H28N2O4. The molecule has 1 heterocycles. The standard InChI is InChI=1S/C18H28N2O4/c1-18(2,3)24-17(21)20-10-9-13-7-6-8-14(16(13)20)11-19-12-15(22-4)23-5/h6-8,15,19H,9-12H2,1-5H3. The number of para-hydroxylation sites is 1. The third kappa shape index (κ3) is 4.69. The van der Waals surface area contributed by atoms with Gasteiger partial charge in [-0.3, -0.25) is 4.90 Å². The monoisotopic (exact) mass is 336 g/mol. The van der Waals surface area contributed by atoms with E-state index in [4.69, 9.17) is 14.2 Å². The molecule has 0 aliphatic carbocycles. The Balaban J connectivity index is 2.10. The fourth-order valence-electron chi connectivity index (χ4n) is 2.77. The van der Waals surface area contributed by atoms with E-state index >= 15 is 0 Å². The number of nitrogens with zero attached hydrogens (tertiary/aromatic N) is 1. The van der Waals surface area contributed by atoms with Gasteiger partial charge in [-0.2, -0.15) is 0 Å². The van der Waals surface area contributed by atoms with Crippen LogP contribution in [0.3, 0.4) is 0 Å². The lowest BCUT2D eigenvalue weighted by Gasteiger charge is -2.26. The van der Waals surface area contributed by atoms with Crippen LogP contribution in [0.25, 0.3) is 0 Å². The summed E-state index contributed by atoms with van der Waals surface area (Å²) in [5.41, 5.74) is 2.71. The summed E-state index contributed by atoms with van der Waals surface area (Å²) in [6.45, 7) is 7.50. The molecule has 0 spiro atoms. The molecule has 0 saturated heterocycles. The van der Waals surface area contributed by atoms with E-state index in [0.717, 1.165) is 17.7 Å². The molecule has 134 valence electrons. The highest BCUT2D eigenvalue weighted by Crippen LogP contribution is 2.33. The highest BCUT2D eigenvalue weighted by atomic mass is 16.7. The molecule has 0 bridgehead atoms. The van der Waals surface area contributed by atoms with E-state index in [1.54, 1.807) is 19.1 Å².